The highest BCUT2D eigenvalue weighted by molar-refractivity contribution is 9.10. The molecule has 0 aliphatic rings. The van der Waals surface area contributed by atoms with E-state index in [0.717, 1.165) is 15.6 Å². The van der Waals surface area contributed by atoms with Gasteiger partial charge in [-0.2, -0.15) is 0 Å². The summed E-state index contributed by atoms with van der Waals surface area (Å²) in [6.45, 7) is 0. The van der Waals surface area contributed by atoms with Crippen LogP contribution in [0, 0.1) is 0 Å². The van der Waals surface area contributed by atoms with Crippen LogP contribution in [0.2, 0.25) is 0 Å². The molecule has 1 unspecified atom stereocenters. The zero-order valence-corrected chi connectivity index (χ0v) is 11.2. The molecule has 1 aromatic heterocycles. The largest absolute Gasteiger partial charge is 0.398 e. The van der Waals surface area contributed by atoms with Crippen LogP contribution in [-0.2, 0) is 0 Å². The van der Waals surface area contributed by atoms with E-state index in [1.54, 1.807) is 18.5 Å². The molecule has 5 nitrogen and oxygen atoms in total. The number of hydrogen-bond acceptors (Lipinski definition) is 5. The van der Waals surface area contributed by atoms with Gasteiger partial charge < -0.3 is 11.5 Å². The smallest absolute Gasteiger partial charge is 0.0765 e. The van der Waals surface area contributed by atoms with E-state index < -0.39 is 0 Å². The quantitative estimate of drug-likeness (QED) is 0.391. The van der Waals surface area contributed by atoms with Gasteiger partial charge in [-0.3, -0.25) is 10.8 Å². The maximum atomic E-state index is 5.98. The molecule has 0 bridgehead atoms. The molecule has 94 valence electrons. The second-order valence-electron chi connectivity index (χ2n) is 3.88. The van der Waals surface area contributed by atoms with E-state index in [9.17, 15) is 0 Å². The van der Waals surface area contributed by atoms with Crippen molar-refractivity contribution in [3.63, 3.8) is 0 Å². The monoisotopic (exact) mass is 307 g/mol. The normalized spacial score (nSPS) is 12.3. The average molecular weight is 308 g/mol. The van der Waals surface area contributed by atoms with Crippen molar-refractivity contribution in [3.05, 3.63) is 52.3 Å². The lowest BCUT2D eigenvalue weighted by Gasteiger charge is -2.20. The molecule has 0 aliphatic heterocycles. The van der Waals surface area contributed by atoms with E-state index in [1.807, 2.05) is 18.2 Å². The zero-order valence-electron chi connectivity index (χ0n) is 9.60. The third-order valence-corrected chi connectivity index (χ3v) is 3.22. The molecule has 0 saturated heterocycles. The minimum atomic E-state index is -0.295. The molecule has 0 saturated carbocycles. The van der Waals surface area contributed by atoms with Gasteiger partial charge in [0.25, 0.3) is 0 Å². The second-order valence-corrected chi connectivity index (χ2v) is 4.79. The molecule has 6 heteroatoms. The standard InChI is InChI=1S/C12H14BrN5/c13-7-1-2-10(14)8(5-7)12(18-16)9-6-17-4-3-11(9)15/h1-6,12,18H,14,16H2,(H2,15,17). The number of nitrogens with one attached hydrogen (secondary N) is 1. The Labute approximate surface area is 113 Å². The van der Waals surface area contributed by atoms with Gasteiger partial charge in [-0.1, -0.05) is 15.9 Å². The summed E-state index contributed by atoms with van der Waals surface area (Å²) in [4.78, 5) is 4.06. The molecule has 0 amide bonds. The maximum Gasteiger partial charge on any atom is 0.0765 e. The van der Waals surface area contributed by atoms with Crippen LogP contribution in [0.15, 0.2) is 41.1 Å². The second kappa shape index (κ2) is 5.34. The summed E-state index contributed by atoms with van der Waals surface area (Å²) in [5.74, 6) is 5.62. The molecular formula is C12H14BrN5. The van der Waals surface area contributed by atoms with Crippen LogP contribution < -0.4 is 22.7 Å². The van der Waals surface area contributed by atoms with Gasteiger partial charge in [-0.25, -0.2) is 5.43 Å². The van der Waals surface area contributed by atoms with E-state index in [1.165, 1.54) is 0 Å². The number of nitrogen functional groups attached to an aromatic ring is 2. The van der Waals surface area contributed by atoms with Crippen LogP contribution in [0.4, 0.5) is 11.4 Å². The Morgan fingerprint density at radius 2 is 1.83 bits per heavy atom. The minimum Gasteiger partial charge on any atom is -0.398 e. The first kappa shape index (κ1) is 12.8. The molecule has 2 rings (SSSR count). The number of rotatable bonds is 3. The first-order valence-electron chi connectivity index (χ1n) is 5.34. The summed E-state index contributed by atoms with van der Waals surface area (Å²) in [6.07, 6.45) is 3.32. The van der Waals surface area contributed by atoms with Crippen molar-refractivity contribution in [1.29, 1.82) is 0 Å². The van der Waals surface area contributed by atoms with Crippen molar-refractivity contribution in [1.82, 2.24) is 10.4 Å². The van der Waals surface area contributed by atoms with Gasteiger partial charge >= 0.3 is 0 Å². The molecule has 1 aromatic carbocycles. The van der Waals surface area contributed by atoms with Gasteiger partial charge in [0, 0.05) is 33.8 Å². The number of aromatic nitrogens is 1. The van der Waals surface area contributed by atoms with Crippen molar-refractivity contribution in [3.8, 4) is 0 Å². The van der Waals surface area contributed by atoms with E-state index in [-0.39, 0.29) is 6.04 Å². The highest BCUT2D eigenvalue weighted by Crippen LogP contribution is 2.30. The third kappa shape index (κ3) is 2.45. The van der Waals surface area contributed by atoms with E-state index >= 15 is 0 Å². The maximum absolute atomic E-state index is 5.98. The number of anilines is 2. The highest BCUT2D eigenvalue weighted by atomic mass is 79.9. The van der Waals surface area contributed by atoms with Crippen LogP contribution in [0.1, 0.15) is 17.2 Å². The average Bonchev–Trinajstić information content (AvgIpc) is 2.36. The van der Waals surface area contributed by atoms with E-state index in [4.69, 9.17) is 17.3 Å². The third-order valence-electron chi connectivity index (χ3n) is 2.72. The van der Waals surface area contributed by atoms with Crippen LogP contribution in [0.3, 0.4) is 0 Å². The van der Waals surface area contributed by atoms with E-state index in [2.05, 4.69) is 26.3 Å². The Hall–Kier alpha value is -1.63. The highest BCUT2D eigenvalue weighted by Gasteiger charge is 2.18. The Kier molecular flexibility index (Phi) is 3.81. The number of hydrazine groups is 1. The van der Waals surface area contributed by atoms with Crippen LogP contribution >= 0.6 is 15.9 Å². The van der Waals surface area contributed by atoms with Gasteiger partial charge in [0.05, 0.1) is 6.04 Å². The topological polar surface area (TPSA) is 103 Å². The molecule has 7 N–H and O–H groups in total. The Morgan fingerprint density at radius 3 is 2.50 bits per heavy atom. The summed E-state index contributed by atoms with van der Waals surface area (Å²) in [6, 6.07) is 7.03. The Balaban J connectivity index is 2.52. The fraction of sp³-hybridized carbons (Fsp3) is 0.0833. The lowest BCUT2D eigenvalue weighted by atomic mass is 9.98. The van der Waals surface area contributed by atoms with Crippen LogP contribution in [0.25, 0.3) is 0 Å². The number of nitrogens with zero attached hydrogens (tertiary/aromatic N) is 1. The minimum absolute atomic E-state index is 0.295. The van der Waals surface area contributed by atoms with Crippen molar-refractivity contribution in [2.75, 3.05) is 11.5 Å². The summed E-state index contributed by atoms with van der Waals surface area (Å²) in [5.41, 5.74) is 17.5. The summed E-state index contributed by atoms with van der Waals surface area (Å²) in [7, 11) is 0. The first-order valence-corrected chi connectivity index (χ1v) is 6.13. The molecule has 2 aromatic rings. The molecule has 0 spiro atoms. The fourth-order valence-corrected chi connectivity index (χ4v) is 2.18. The van der Waals surface area contributed by atoms with Crippen molar-refractivity contribution in [2.24, 2.45) is 5.84 Å². The molecule has 1 heterocycles. The van der Waals surface area contributed by atoms with Gasteiger partial charge in [-0.05, 0) is 29.8 Å². The van der Waals surface area contributed by atoms with Crippen molar-refractivity contribution in [2.45, 2.75) is 6.04 Å². The van der Waals surface area contributed by atoms with Crippen LogP contribution in [0.5, 0.6) is 0 Å². The predicted octanol–water partition coefficient (Wildman–Crippen LogP) is 1.56. The molecule has 0 fully saturated rings. The van der Waals surface area contributed by atoms with Gasteiger partial charge in [0.1, 0.15) is 0 Å². The molecule has 0 radical (unpaired) electrons. The van der Waals surface area contributed by atoms with Gasteiger partial charge in [0.2, 0.25) is 0 Å². The lowest BCUT2D eigenvalue weighted by Crippen LogP contribution is -2.30. The van der Waals surface area contributed by atoms with Crippen LogP contribution in [-0.4, -0.2) is 4.98 Å². The number of hydrogen-bond donors (Lipinski definition) is 4. The first-order chi connectivity index (χ1) is 8.63. The lowest BCUT2D eigenvalue weighted by molar-refractivity contribution is 0.638. The van der Waals surface area contributed by atoms with Gasteiger partial charge in [0.15, 0.2) is 0 Å². The number of halogens is 1. The SMILES string of the molecule is NNC(c1cnccc1N)c1cc(Br)ccc1N. The van der Waals surface area contributed by atoms with E-state index in [0.29, 0.717) is 11.4 Å². The summed E-state index contributed by atoms with van der Waals surface area (Å²) in [5, 5.41) is 0. The Bertz CT molecular complexity index is 558. The van der Waals surface area contributed by atoms with Gasteiger partial charge in [-0.15, -0.1) is 0 Å². The summed E-state index contributed by atoms with van der Waals surface area (Å²) < 4.78 is 0.925. The summed E-state index contributed by atoms with van der Waals surface area (Å²) >= 11 is 3.41. The van der Waals surface area contributed by atoms with Crippen molar-refractivity contribution >= 4 is 27.3 Å². The fourth-order valence-electron chi connectivity index (χ4n) is 1.80. The Morgan fingerprint density at radius 1 is 1.11 bits per heavy atom. The number of pyridine rings is 1. The zero-order chi connectivity index (χ0) is 13.1. The predicted molar refractivity (Wildman–Crippen MR) is 76.4 cm³/mol. The molecule has 18 heavy (non-hydrogen) atoms. The molecule has 1 atom stereocenters. The number of benzene rings is 1. The van der Waals surface area contributed by atoms with Crippen molar-refractivity contribution < 1.29 is 0 Å². The number of nitrogens with two attached hydrogens (primary N) is 3. The molecule has 0 aliphatic carbocycles. The molecular weight excluding hydrogens is 294 g/mol.